The van der Waals surface area contributed by atoms with Crippen LogP contribution in [0, 0.1) is 6.92 Å². The summed E-state index contributed by atoms with van der Waals surface area (Å²) >= 11 is 1.62. The van der Waals surface area contributed by atoms with Crippen molar-refractivity contribution in [2.45, 2.75) is 6.92 Å². The molecule has 0 aliphatic heterocycles. The Labute approximate surface area is 78.6 Å². The molecule has 3 nitrogen and oxygen atoms in total. The third-order valence-corrected chi connectivity index (χ3v) is 2.86. The number of benzene rings is 1. The molecule has 0 radical (unpaired) electrons. The summed E-state index contributed by atoms with van der Waals surface area (Å²) in [6.07, 6.45) is 1.99. The standard InChI is InChI=1S/C9H7N3S/c1-5-11-7-2-6-4-10-13-9(6)3-8(7)12-5/h2-4,10H,1H3. The quantitative estimate of drug-likeness (QED) is 0.590. The lowest BCUT2D eigenvalue weighted by Gasteiger charge is -1.86. The molecule has 0 amide bonds. The highest BCUT2D eigenvalue weighted by molar-refractivity contribution is 7.13. The molecule has 13 heavy (non-hydrogen) atoms. The zero-order valence-corrected chi connectivity index (χ0v) is 7.85. The summed E-state index contributed by atoms with van der Waals surface area (Å²) < 4.78 is 4.33. The lowest BCUT2D eigenvalue weighted by atomic mass is 10.2. The third-order valence-electron chi connectivity index (χ3n) is 2.05. The van der Waals surface area contributed by atoms with Gasteiger partial charge in [0.15, 0.2) is 0 Å². The summed E-state index contributed by atoms with van der Waals surface area (Å²) in [5, 5.41) is 1.21. The van der Waals surface area contributed by atoms with E-state index in [-0.39, 0.29) is 0 Å². The molecule has 0 unspecified atom stereocenters. The molecule has 1 aromatic carbocycles. The Hall–Kier alpha value is -1.42. The van der Waals surface area contributed by atoms with Crippen molar-refractivity contribution in [3.05, 3.63) is 24.2 Å². The number of imidazole rings is 1. The van der Waals surface area contributed by atoms with E-state index in [9.17, 15) is 0 Å². The van der Waals surface area contributed by atoms with E-state index in [1.165, 1.54) is 10.1 Å². The molecule has 4 heteroatoms. The van der Waals surface area contributed by atoms with Crippen LogP contribution in [0.5, 0.6) is 0 Å². The molecule has 0 saturated carbocycles. The van der Waals surface area contributed by atoms with Crippen molar-refractivity contribution in [1.82, 2.24) is 14.3 Å². The van der Waals surface area contributed by atoms with Gasteiger partial charge in [-0.25, -0.2) is 9.97 Å². The van der Waals surface area contributed by atoms with Crippen LogP contribution in [-0.4, -0.2) is 14.3 Å². The van der Waals surface area contributed by atoms with Crippen LogP contribution in [0.3, 0.4) is 0 Å². The van der Waals surface area contributed by atoms with Crippen molar-refractivity contribution in [2.75, 3.05) is 0 Å². The number of rotatable bonds is 0. The maximum atomic E-state index is 4.32. The molecule has 0 aliphatic carbocycles. The van der Waals surface area contributed by atoms with Crippen molar-refractivity contribution in [2.24, 2.45) is 0 Å². The van der Waals surface area contributed by atoms with Gasteiger partial charge in [0.05, 0.1) is 15.7 Å². The second-order valence-corrected chi connectivity index (χ2v) is 3.89. The number of H-pyrrole nitrogens is 1. The van der Waals surface area contributed by atoms with Crippen molar-refractivity contribution >= 4 is 32.7 Å². The van der Waals surface area contributed by atoms with Gasteiger partial charge in [0.1, 0.15) is 5.82 Å². The van der Waals surface area contributed by atoms with Gasteiger partial charge in [-0.1, -0.05) is 11.5 Å². The number of aromatic nitrogens is 3. The average molecular weight is 189 g/mol. The lowest BCUT2D eigenvalue weighted by molar-refractivity contribution is 1.17. The Balaban J connectivity index is 2.54. The van der Waals surface area contributed by atoms with Gasteiger partial charge in [-0.2, -0.15) is 0 Å². The van der Waals surface area contributed by atoms with E-state index in [1.54, 1.807) is 11.5 Å². The van der Waals surface area contributed by atoms with Gasteiger partial charge in [0.2, 0.25) is 0 Å². The van der Waals surface area contributed by atoms with Gasteiger partial charge in [-0.05, 0) is 19.1 Å². The van der Waals surface area contributed by atoms with Crippen LogP contribution in [-0.2, 0) is 0 Å². The van der Waals surface area contributed by atoms with Crippen LogP contribution < -0.4 is 0 Å². The topological polar surface area (TPSA) is 41.6 Å². The van der Waals surface area contributed by atoms with Crippen LogP contribution in [0.4, 0.5) is 0 Å². The summed E-state index contributed by atoms with van der Waals surface area (Å²) in [5.74, 6) is 0.844. The first-order chi connectivity index (χ1) is 6.33. The predicted molar refractivity (Wildman–Crippen MR) is 54.0 cm³/mol. The van der Waals surface area contributed by atoms with Gasteiger partial charge in [-0.15, -0.1) is 0 Å². The van der Waals surface area contributed by atoms with Crippen LogP contribution in [0.2, 0.25) is 0 Å². The first-order valence-corrected chi connectivity index (χ1v) is 4.85. The van der Waals surface area contributed by atoms with E-state index in [4.69, 9.17) is 0 Å². The summed E-state index contributed by atoms with van der Waals surface area (Å²) in [7, 11) is 0. The number of fused-ring (bicyclic) bond motifs is 2. The first-order valence-electron chi connectivity index (χ1n) is 4.03. The Morgan fingerprint density at radius 3 is 2.85 bits per heavy atom. The Morgan fingerprint density at radius 1 is 1.23 bits per heavy atom. The number of hydrogen-bond acceptors (Lipinski definition) is 3. The van der Waals surface area contributed by atoms with E-state index < -0.39 is 0 Å². The van der Waals surface area contributed by atoms with Gasteiger partial charge in [-0.3, -0.25) is 0 Å². The predicted octanol–water partition coefficient (Wildman–Crippen LogP) is 2.48. The van der Waals surface area contributed by atoms with E-state index >= 15 is 0 Å². The van der Waals surface area contributed by atoms with E-state index in [0.717, 1.165) is 16.9 Å². The van der Waals surface area contributed by atoms with E-state index in [0.29, 0.717) is 0 Å². The molecule has 0 aliphatic rings. The molecule has 0 fully saturated rings. The van der Waals surface area contributed by atoms with Crippen LogP contribution in [0.1, 0.15) is 5.82 Å². The molecule has 3 aromatic rings. The lowest BCUT2D eigenvalue weighted by Crippen LogP contribution is -1.68. The Bertz CT molecular complexity index is 531. The van der Waals surface area contributed by atoms with Crippen LogP contribution in [0.15, 0.2) is 18.3 Å². The maximum absolute atomic E-state index is 4.32. The van der Waals surface area contributed by atoms with Crippen LogP contribution >= 0.6 is 11.5 Å². The highest BCUT2D eigenvalue weighted by Gasteiger charge is 2.03. The SMILES string of the molecule is Cc1nc2cc3c[nH]sc3cc2n1. The van der Waals surface area contributed by atoms with Crippen molar-refractivity contribution < 1.29 is 0 Å². The second-order valence-electron chi connectivity index (χ2n) is 3.01. The molecule has 0 atom stereocenters. The van der Waals surface area contributed by atoms with Crippen LogP contribution in [0.25, 0.3) is 21.1 Å². The first kappa shape index (κ1) is 7.03. The fourth-order valence-corrected chi connectivity index (χ4v) is 2.20. The van der Waals surface area contributed by atoms with Gasteiger partial charge in [0, 0.05) is 11.6 Å². The minimum absolute atomic E-state index is 0.844. The minimum Gasteiger partial charge on any atom is -0.317 e. The number of hydrogen-bond donors (Lipinski definition) is 1. The van der Waals surface area contributed by atoms with Gasteiger partial charge in [0.25, 0.3) is 0 Å². The Kier molecular flexibility index (Phi) is 1.24. The molecule has 3 rings (SSSR count). The summed E-state index contributed by atoms with van der Waals surface area (Å²) in [4.78, 5) is 8.65. The van der Waals surface area contributed by atoms with E-state index in [2.05, 4.69) is 26.5 Å². The normalized spacial score (nSPS) is 11.5. The number of aromatic amines is 1. The molecular weight excluding hydrogens is 182 g/mol. The third kappa shape index (κ3) is 0.954. The molecule has 2 aromatic heterocycles. The molecule has 0 spiro atoms. The molecular formula is C9H7N3S. The number of aryl methyl sites for hydroxylation is 1. The van der Waals surface area contributed by atoms with Gasteiger partial charge < -0.3 is 4.37 Å². The second kappa shape index (κ2) is 2.29. The summed E-state index contributed by atoms with van der Waals surface area (Å²) in [6, 6.07) is 4.14. The molecule has 1 N–H and O–H groups in total. The smallest absolute Gasteiger partial charge is 0.126 e. The molecule has 0 bridgehead atoms. The highest BCUT2D eigenvalue weighted by atomic mass is 32.1. The molecule has 0 saturated heterocycles. The molecule has 64 valence electrons. The summed E-state index contributed by atoms with van der Waals surface area (Å²) in [5.41, 5.74) is 1.97. The highest BCUT2D eigenvalue weighted by Crippen LogP contribution is 2.23. The zero-order chi connectivity index (χ0) is 8.84. The van der Waals surface area contributed by atoms with Crippen molar-refractivity contribution in [1.29, 1.82) is 0 Å². The van der Waals surface area contributed by atoms with E-state index in [1.807, 2.05) is 13.1 Å². The van der Waals surface area contributed by atoms with Crippen molar-refractivity contribution in [3.8, 4) is 0 Å². The summed E-state index contributed by atoms with van der Waals surface area (Å²) in [6.45, 7) is 1.92. The van der Waals surface area contributed by atoms with Gasteiger partial charge >= 0.3 is 0 Å². The average Bonchev–Trinajstić information content (AvgIpc) is 2.63. The monoisotopic (exact) mass is 189 g/mol. The molecule has 2 heterocycles. The van der Waals surface area contributed by atoms with Crippen molar-refractivity contribution in [3.63, 3.8) is 0 Å². The Morgan fingerprint density at radius 2 is 2.00 bits per heavy atom. The minimum atomic E-state index is 0.844. The number of nitrogens with one attached hydrogen (secondary N) is 1. The zero-order valence-electron chi connectivity index (χ0n) is 7.03. The fourth-order valence-electron chi connectivity index (χ4n) is 1.48. The number of nitrogens with zero attached hydrogens (tertiary/aromatic N) is 2. The maximum Gasteiger partial charge on any atom is 0.126 e. The fraction of sp³-hybridized carbons (Fsp3) is 0.111. The largest absolute Gasteiger partial charge is 0.317 e.